The van der Waals surface area contributed by atoms with Crippen molar-refractivity contribution in [1.29, 1.82) is 0 Å². The van der Waals surface area contributed by atoms with E-state index in [0.29, 0.717) is 12.1 Å². The Kier molecular flexibility index (Phi) is 5.47. The third kappa shape index (κ3) is 3.52. The Balaban J connectivity index is 1.45. The third-order valence-corrected chi connectivity index (χ3v) is 8.33. The second-order valence-electron chi connectivity index (χ2n) is 5.01. The summed E-state index contributed by atoms with van der Waals surface area (Å²) in [6.07, 6.45) is 0. The molecule has 6 heteroatoms. The van der Waals surface area contributed by atoms with Crippen LogP contribution in [0.5, 0.6) is 0 Å². The molecule has 3 rings (SSSR count). The van der Waals surface area contributed by atoms with Crippen molar-refractivity contribution in [3.05, 3.63) is 0 Å². The molecule has 0 aliphatic carbocycles. The van der Waals surface area contributed by atoms with Gasteiger partial charge in [0.1, 0.15) is 0 Å². The fourth-order valence-corrected chi connectivity index (χ4v) is 7.37. The van der Waals surface area contributed by atoms with Crippen molar-refractivity contribution in [2.24, 2.45) is 0 Å². The van der Waals surface area contributed by atoms with Crippen LogP contribution in [0.4, 0.5) is 0 Å². The zero-order valence-corrected chi connectivity index (χ0v) is 13.0. The Hall–Kier alpha value is 0.930. The van der Waals surface area contributed by atoms with Crippen LogP contribution < -0.4 is 10.6 Å². The summed E-state index contributed by atoms with van der Waals surface area (Å²) < 4.78 is 5.56. The Bertz CT molecular complexity index is 224. The molecule has 0 aromatic rings. The molecule has 0 aromatic heterocycles. The molecule has 18 heavy (non-hydrogen) atoms. The lowest BCUT2D eigenvalue weighted by molar-refractivity contribution is 0.0661. The summed E-state index contributed by atoms with van der Waals surface area (Å²) in [5.41, 5.74) is 0. The average Bonchev–Trinajstić information content (AvgIpc) is 2.49. The quantitative estimate of drug-likeness (QED) is 0.789. The third-order valence-electron chi connectivity index (χ3n) is 3.76. The van der Waals surface area contributed by atoms with Gasteiger partial charge < -0.3 is 15.4 Å². The Labute approximate surface area is 122 Å². The summed E-state index contributed by atoms with van der Waals surface area (Å²) in [5, 5.41) is 8.99. The van der Waals surface area contributed by atoms with Crippen molar-refractivity contribution in [3.8, 4) is 0 Å². The van der Waals surface area contributed by atoms with Gasteiger partial charge in [0.2, 0.25) is 0 Å². The fraction of sp³-hybridized carbons (Fsp3) is 1.00. The van der Waals surface area contributed by atoms with E-state index >= 15 is 0 Å². The van der Waals surface area contributed by atoms with Crippen molar-refractivity contribution in [3.63, 3.8) is 0 Å². The van der Waals surface area contributed by atoms with Crippen molar-refractivity contribution in [1.82, 2.24) is 10.6 Å². The summed E-state index contributed by atoms with van der Waals surface area (Å²) in [6.45, 7) is 3.92. The first-order valence-electron chi connectivity index (χ1n) is 6.79. The predicted molar refractivity (Wildman–Crippen MR) is 84.2 cm³/mol. The average molecular weight is 307 g/mol. The van der Waals surface area contributed by atoms with E-state index in [2.05, 4.69) is 45.9 Å². The Morgan fingerprint density at radius 2 is 1.94 bits per heavy atom. The molecule has 104 valence electrons. The van der Waals surface area contributed by atoms with Crippen LogP contribution in [0.1, 0.15) is 0 Å². The van der Waals surface area contributed by atoms with Crippen molar-refractivity contribution >= 4 is 35.3 Å². The van der Waals surface area contributed by atoms with Gasteiger partial charge in [-0.25, -0.2) is 0 Å². The van der Waals surface area contributed by atoms with E-state index in [9.17, 15) is 0 Å². The first kappa shape index (κ1) is 13.9. The second-order valence-corrected chi connectivity index (χ2v) is 8.78. The normalized spacial score (nSPS) is 42.7. The monoisotopic (exact) mass is 306 g/mol. The number of hydrogen-bond donors (Lipinski definition) is 2. The van der Waals surface area contributed by atoms with Gasteiger partial charge in [0, 0.05) is 58.7 Å². The lowest BCUT2D eigenvalue weighted by Crippen LogP contribution is -2.59. The molecule has 2 N–H and O–H groups in total. The van der Waals surface area contributed by atoms with E-state index in [-0.39, 0.29) is 0 Å². The van der Waals surface area contributed by atoms with Crippen LogP contribution >= 0.6 is 35.3 Å². The van der Waals surface area contributed by atoms with Crippen LogP contribution in [-0.2, 0) is 4.74 Å². The Morgan fingerprint density at radius 1 is 0.944 bits per heavy atom. The van der Waals surface area contributed by atoms with Crippen LogP contribution in [0, 0.1) is 0 Å². The molecule has 0 bridgehead atoms. The second kappa shape index (κ2) is 7.09. The van der Waals surface area contributed by atoms with Crippen LogP contribution in [0.15, 0.2) is 0 Å². The largest absolute Gasteiger partial charge is 0.378 e. The highest BCUT2D eigenvalue weighted by Crippen LogP contribution is 2.33. The fourth-order valence-electron chi connectivity index (χ4n) is 2.67. The summed E-state index contributed by atoms with van der Waals surface area (Å²) in [5.74, 6) is 5.26. The van der Waals surface area contributed by atoms with E-state index in [1.807, 2.05) is 0 Å². The minimum atomic E-state index is 0.514. The SMILES string of the molecule is C1COCC(C2CSC(C3CSCCS3)CN2)N1. The maximum Gasteiger partial charge on any atom is 0.0635 e. The molecule has 0 radical (unpaired) electrons. The van der Waals surface area contributed by atoms with E-state index in [4.69, 9.17) is 4.74 Å². The summed E-state index contributed by atoms with van der Waals surface area (Å²) in [4.78, 5) is 0. The maximum absolute atomic E-state index is 5.56. The summed E-state index contributed by atoms with van der Waals surface area (Å²) >= 11 is 6.50. The summed E-state index contributed by atoms with van der Waals surface area (Å²) in [7, 11) is 0. The van der Waals surface area contributed by atoms with Gasteiger partial charge in [0.05, 0.1) is 13.2 Å². The molecule has 3 aliphatic heterocycles. The smallest absolute Gasteiger partial charge is 0.0635 e. The summed E-state index contributed by atoms with van der Waals surface area (Å²) in [6, 6.07) is 1.10. The zero-order chi connectivity index (χ0) is 12.2. The van der Waals surface area contributed by atoms with E-state index in [1.54, 1.807) is 0 Å². The van der Waals surface area contributed by atoms with Gasteiger partial charge in [-0.1, -0.05) is 0 Å². The number of ether oxygens (including phenoxy) is 1. The molecule has 0 amide bonds. The minimum absolute atomic E-state index is 0.514. The van der Waals surface area contributed by atoms with Crippen LogP contribution in [0.2, 0.25) is 0 Å². The molecule has 0 saturated carbocycles. The first-order chi connectivity index (χ1) is 8.93. The molecule has 3 aliphatic rings. The molecular weight excluding hydrogens is 284 g/mol. The molecule has 0 aromatic carbocycles. The highest BCUT2D eigenvalue weighted by atomic mass is 32.2. The number of nitrogens with one attached hydrogen (secondary N) is 2. The molecular formula is C12H22N2OS3. The van der Waals surface area contributed by atoms with Crippen LogP contribution in [0.25, 0.3) is 0 Å². The van der Waals surface area contributed by atoms with Crippen molar-refractivity contribution in [2.45, 2.75) is 22.6 Å². The van der Waals surface area contributed by atoms with Crippen LogP contribution in [-0.4, -0.2) is 71.9 Å². The van der Waals surface area contributed by atoms with Gasteiger partial charge in [0.25, 0.3) is 0 Å². The molecule has 3 heterocycles. The lowest BCUT2D eigenvalue weighted by Gasteiger charge is -2.39. The maximum atomic E-state index is 5.56. The standard InChI is InChI=1S/C12H22N2OS3/c1-2-15-6-9(13-1)10-7-18-11(5-14-10)12-8-16-3-4-17-12/h9-14H,1-8H2. The van der Waals surface area contributed by atoms with E-state index < -0.39 is 0 Å². The van der Waals surface area contributed by atoms with Crippen LogP contribution in [0.3, 0.4) is 0 Å². The van der Waals surface area contributed by atoms with Gasteiger partial charge in [-0.05, 0) is 0 Å². The highest BCUT2D eigenvalue weighted by molar-refractivity contribution is 8.08. The number of morpholine rings is 1. The number of hydrogen-bond acceptors (Lipinski definition) is 6. The Morgan fingerprint density at radius 3 is 2.61 bits per heavy atom. The van der Waals surface area contributed by atoms with Gasteiger partial charge in [-0.3, -0.25) is 0 Å². The van der Waals surface area contributed by atoms with E-state index in [1.165, 1.54) is 29.6 Å². The molecule has 0 spiro atoms. The first-order valence-corrected chi connectivity index (χ1v) is 10.0. The molecule has 4 atom stereocenters. The van der Waals surface area contributed by atoms with E-state index in [0.717, 1.165) is 30.3 Å². The molecule has 3 fully saturated rings. The topological polar surface area (TPSA) is 33.3 Å². The van der Waals surface area contributed by atoms with Gasteiger partial charge in [-0.2, -0.15) is 35.3 Å². The van der Waals surface area contributed by atoms with Crippen molar-refractivity contribution in [2.75, 3.05) is 49.3 Å². The zero-order valence-electron chi connectivity index (χ0n) is 10.6. The highest BCUT2D eigenvalue weighted by Gasteiger charge is 2.33. The predicted octanol–water partition coefficient (Wildman–Crippen LogP) is 0.897. The minimum Gasteiger partial charge on any atom is -0.378 e. The van der Waals surface area contributed by atoms with Crippen molar-refractivity contribution < 1.29 is 4.74 Å². The van der Waals surface area contributed by atoms with Gasteiger partial charge in [-0.15, -0.1) is 0 Å². The number of rotatable bonds is 2. The van der Waals surface area contributed by atoms with Gasteiger partial charge in [0.15, 0.2) is 0 Å². The number of thioether (sulfide) groups is 3. The molecule has 4 unspecified atom stereocenters. The van der Waals surface area contributed by atoms with Gasteiger partial charge >= 0.3 is 0 Å². The lowest BCUT2D eigenvalue weighted by atomic mass is 10.1. The molecule has 3 nitrogen and oxygen atoms in total. The molecule has 3 saturated heterocycles.